The van der Waals surface area contributed by atoms with E-state index < -0.39 is 15.9 Å². The van der Waals surface area contributed by atoms with Crippen molar-refractivity contribution in [2.75, 3.05) is 18.4 Å². The minimum Gasteiger partial charge on any atom is -0.321 e. The molecular formula is C22H22ClN3O3S. The van der Waals surface area contributed by atoms with E-state index in [1.165, 1.54) is 22.5 Å². The molecule has 0 unspecified atom stereocenters. The van der Waals surface area contributed by atoms with Gasteiger partial charge in [-0.05, 0) is 55.3 Å². The Bertz CT molecular complexity index is 1180. The van der Waals surface area contributed by atoms with Gasteiger partial charge in [-0.1, -0.05) is 30.5 Å². The van der Waals surface area contributed by atoms with Crippen molar-refractivity contribution >= 4 is 44.1 Å². The molecule has 30 heavy (non-hydrogen) atoms. The number of nitrogens with zero attached hydrogens (tertiary/aromatic N) is 2. The summed E-state index contributed by atoms with van der Waals surface area (Å²) in [7, 11) is -3.77. The second-order valence-electron chi connectivity index (χ2n) is 7.29. The van der Waals surface area contributed by atoms with Gasteiger partial charge in [-0.25, -0.2) is 8.42 Å². The number of rotatable bonds is 4. The first-order valence-electron chi connectivity index (χ1n) is 9.91. The maximum absolute atomic E-state index is 13.2. The van der Waals surface area contributed by atoms with Gasteiger partial charge < -0.3 is 5.32 Å². The Hall–Kier alpha value is -2.48. The second kappa shape index (κ2) is 8.71. The highest BCUT2D eigenvalue weighted by Gasteiger charge is 2.28. The van der Waals surface area contributed by atoms with Crippen molar-refractivity contribution in [1.29, 1.82) is 0 Å². The number of sulfonamides is 1. The van der Waals surface area contributed by atoms with E-state index in [0.717, 1.165) is 36.6 Å². The third kappa shape index (κ3) is 4.19. The quantitative estimate of drug-likeness (QED) is 0.633. The summed E-state index contributed by atoms with van der Waals surface area (Å²) in [5.41, 5.74) is 1.60. The number of carbonyl (C=O) groups is 1. The summed E-state index contributed by atoms with van der Waals surface area (Å²) in [5, 5.41) is 3.78. The highest BCUT2D eigenvalue weighted by molar-refractivity contribution is 7.89. The van der Waals surface area contributed by atoms with Gasteiger partial charge in [-0.3, -0.25) is 9.78 Å². The zero-order valence-electron chi connectivity index (χ0n) is 16.3. The summed E-state index contributed by atoms with van der Waals surface area (Å²) in [6, 6.07) is 13.5. The number of amides is 1. The number of hydrogen-bond donors (Lipinski definition) is 1. The van der Waals surface area contributed by atoms with Crippen LogP contribution in [-0.4, -0.2) is 36.7 Å². The highest BCUT2D eigenvalue weighted by atomic mass is 35.5. The SMILES string of the molecule is O=C(Nc1cccc2ncccc12)c1ccc(Cl)c(S(=O)(=O)N2CCCCCC2)c1. The van der Waals surface area contributed by atoms with Crippen LogP contribution >= 0.6 is 11.6 Å². The van der Waals surface area contributed by atoms with Crippen molar-refractivity contribution in [1.82, 2.24) is 9.29 Å². The van der Waals surface area contributed by atoms with Crippen molar-refractivity contribution in [3.05, 3.63) is 65.3 Å². The molecule has 1 aliphatic rings. The number of aromatic nitrogens is 1. The zero-order valence-corrected chi connectivity index (χ0v) is 17.9. The number of benzene rings is 2. The molecule has 1 aliphatic heterocycles. The van der Waals surface area contributed by atoms with E-state index in [4.69, 9.17) is 11.6 Å². The zero-order chi connectivity index (χ0) is 21.1. The van der Waals surface area contributed by atoms with Gasteiger partial charge in [0.15, 0.2) is 0 Å². The van der Waals surface area contributed by atoms with Gasteiger partial charge in [-0.2, -0.15) is 4.31 Å². The van der Waals surface area contributed by atoms with Crippen LogP contribution in [0.25, 0.3) is 10.9 Å². The minimum absolute atomic E-state index is 0.0293. The first kappa shape index (κ1) is 20.8. The molecule has 4 rings (SSSR count). The van der Waals surface area contributed by atoms with Gasteiger partial charge in [0.1, 0.15) is 4.90 Å². The second-order valence-corrected chi connectivity index (χ2v) is 9.61. The highest BCUT2D eigenvalue weighted by Crippen LogP contribution is 2.28. The molecule has 1 saturated heterocycles. The minimum atomic E-state index is -3.77. The number of halogens is 1. The normalized spacial score (nSPS) is 15.6. The Balaban J connectivity index is 1.64. The standard InChI is InChI=1S/C22H22ClN3O3S/c23-18-11-10-16(15-21(18)30(28,29)26-13-3-1-2-4-14-26)22(27)25-20-9-5-8-19-17(20)7-6-12-24-19/h5-12,15H,1-4,13-14H2,(H,25,27). The molecule has 6 nitrogen and oxygen atoms in total. The summed E-state index contributed by atoms with van der Waals surface area (Å²) in [5.74, 6) is -0.407. The number of fused-ring (bicyclic) bond motifs is 1. The van der Waals surface area contributed by atoms with Gasteiger partial charge in [0.25, 0.3) is 5.91 Å². The van der Waals surface area contributed by atoms with E-state index in [0.29, 0.717) is 18.8 Å². The van der Waals surface area contributed by atoms with Crippen molar-refractivity contribution in [2.24, 2.45) is 0 Å². The van der Waals surface area contributed by atoms with Gasteiger partial charge in [0.05, 0.1) is 16.2 Å². The molecule has 1 aromatic heterocycles. The molecule has 0 atom stereocenters. The van der Waals surface area contributed by atoms with E-state index in [-0.39, 0.29) is 15.5 Å². The van der Waals surface area contributed by atoms with Crippen molar-refractivity contribution in [2.45, 2.75) is 30.6 Å². The van der Waals surface area contributed by atoms with Gasteiger partial charge in [-0.15, -0.1) is 0 Å². The lowest BCUT2D eigenvalue weighted by Gasteiger charge is -2.21. The Morgan fingerprint density at radius 2 is 1.77 bits per heavy atom. The molecule has 1 N–H and O–H groups in total. The number of hydrogen-bond acceptors (Lipinski definition) is 4. The van der Waals surface area contributed by atoms with Crippen LogP contribution in [0.4, 0.5) is 5.69 Å². The van der Waals surface area contributed by atoms with Crippen LogP contribution in [-0.2, 0) is 10.0 Å². The molecule has 1 amide bonds. The molecule has 2 heterocycles. The average Bonchev–Trinajstić information content (AvgIpc) is 3.04. The molecule has 0 spiro atoms. The van der Waals surface area contributed by atoms with Crippen molar-refractivity contribution in [3.8, 4) is 0 Å². The van der Waals surface area contributed by atoms with Crippen molar-refractivity contribution in [3.63, 3.8) is 0 Å². The van der Waals surface area contributed by atoms with Crippen LogP contribution in [0.1, 0.15) is 36.0 Å². The predicted octanol–water partition coefficient (Wildman–Crippen LogP) is 4.71. The topological polar surface area (TPSA) is 79.4 Å². The lowest BCUT2D eigenvalue weighted by molar-refractivity contribution is 0.102. The fourth-order valence-corrected chi connectivity index (χ4v) is 5.69. The number of carbonyl (C=O) groups excluding carboxylic acids is 1. The van der Waals surface area contributed by atoms with Crippen LogP contribution in [0.5, 0.6) is 0 Å². The summed E-state index contributed by atoms with van der Waals surface area (Å²) in [6.45, 7) is 0.941. The molecule has 3 aromatic rings. The molecular weight excluding hydrogens is 422 g/mol. The molecule has 1 fully saturated rings. The Morgan fingerprint density at radius 1 is 1.00 bits per heavy atom. The number of pyridine rings is 1. The average molecular weight is 444 g/mol. The Kier molecular flexibility index (Phi) is 6.04. The molecule has 0 aliphatic carbocycles. The van der Waals surface area contributed by atoms with E-state index in [1.807, 2.05) is 18.2 Å². The molecule has 0 bridgehead atoms. The summed E-state index contributed by atoms with van der Waals surface area (Å²) in [6.07, 6.45) is 5.37. The van der Waals surface area contributed by atoms with Gasteiger partial charge in [0, 0.05) is 30.2 Å². The van der Waals surface area contributed by atoms with E-state index in [2.05, 4.69) is 10.3 Å². The maximum atomic E-state index is 13.2. The third-order valence-corrected chi connectivity index (χ3v) is 7.65. The predicted molar refractivity (Wildman–Crippen MR) is 118 cm³/mol. The van der Waals surface area contributed by atoms with Crippen LogP contribution in [0.15, 0.2) is 59.6 Å². The number of nitrogens with one attached hydrogen (secondary N) is 1. The van der Waals surface area contributed by atoms with E-state index >= 15 is 0 Å². The Labute approximate surface area is 180 Å². The lowest BCUT2D eigenvalue weighted by Crippen LogP contribution is -2.32. The monoisotopic (exact) mass is 443 g/mol. The van der Waals surface area contributed by atoms with E-state index in [1.54, 1.807) is 18.3 Å². The van der Waals surface area contributed by atoms with Crippen LogP contribution in [0, 0.1) is 0 Å². The van der Waals surface area contributed by atoms with Crippen molar-refractivity contribution < 1.29 is 13.2 Å². The summed E-state index contributed by atoms with van der Waals surface area (Å²) >= 11 is 6.24. The lowest BCUT2D eigenvalue weighted by atomic mass is 10.1. The molecule has 2 aromatic carbocycles. The first-order valence-corrected chi connectivity index (χ1v) is 11.7. The van der Waals surface area contributed by atoms with Crippen LogP contribution in [0.2, 0.25) is 5.02 Å². The number of anilines is 1. The Morgan fingerprint density at radius 3 is 2.53 bits per heavy atom. The maximum Gasteiger partial charge on any atom is 0.255 e. The third-order valence-electron chi connectivity index (χ3n) is 5.27. The van der Waals surface area contributed by atoms with E-state index in [9.17, 15) is 13.2 Å². The first-order chi connectivity index (χ1) is 14.5. The molecule has 0 saturated carbocycles. The fraction of sp³-hybridized carbons (Fsp3) is 0.273. The molecule has 0 radical (unpaired) electrons. The molecule has 156 valence electrons. The fourth-order valence-electron chi connectivity index (χ4n) is 3.67. The van der Waals surface area contributed by atoms with Crippen LogP contribution in [0.3, 0.4) is 0 Å². The smallest absolute Gasteiger partial charge is 0.255 e. The largest absolute Gasteiger partial charge is 0.321 e. The van der Waals surface area contributed by atoms with Gasteiger partial charge >= 0.3 is 0 Å². The van der Waals surface area contributed by atoms with Crippen LogP contribution < -0.4 is 5.32 Å². The van der Waals surface area contributed by atoms with Gasteiger partial charge in [0.2, 0.25) is 10.0 Å². The summed E-state index contributed by atoms with van der Waals surface area (Å²) in [4.78, 5) is 17.2. The summed E-state index contributed by atoms with van der Waals surface area (Å²) < 4.78 is 27.8. The molecule has 8 heteroatoms.